The second-order valence-corrected chi connectivity index (χ2v) is 7.78. The molecule has 0 aliphatic heterocycles. The molecule has 0 radical (unpaired) electrons. The van der Waals surface area contributed by atoms with Gasteiger partial charge in [0.15, 0.2) is 11.5 Å². The molecule has 0 fully saturated rings. The molecule has 0 bridgehead atoms. The highest BCUT2D eigenvalue weighted by Crippen LogP contribution is 2.25. The van der Waals surface area contributed by atoms with Gasteiger partial charge in [-0.2, -0.15) is 10.2 Å². The average molecular weight is 456 g/mol. The van der Waals surface area contributed by atoms with Crippen LogP contribution >= 0.6 is 23.2 Å². The second kappa shape index (κ2) is 8.53. The lowest BCUT2D eigenvalue weighted by Gasteiger charge is -2.09. The Morgan fingerprint density at radius 1 is 1.00 bits per heavy atom. The molecule has 158 valence electrons. The number of hydrogen-bond acceptors (Lipinski definition) is 5. The molecule has 7 nitrogen and oxygen atoms in total. The van der Waals surface area contributed by atoms with Crippen molar-refractivity contribution in [3.8, 4) is 11.5 Å². The van der Waals surface area contributed by atoms with Gasteiger partial charge in [0, 0.05) is 11.3 Å². The van der Waals surface area contributed by atoms with E-state index in [0.717, 1.165) is 17.1 Å². The van der Waals surface area contributed by atoms with E-state index in [-0.39, 0.29) is 17.3 Å². The smallest absolute Gasteiger partial charge is 0.358 e. The average Bonchev–Trinajstić information content (AvgIpc) is 3.24. The minimum absolute atomic E-state index is 0.0101. The Kier molecular flexibility index (Phi) is 5.80. The van der Waals surface area contributed by atoms with Crippen LogP contribution < -0.4 is 0 Å². The number of ether oxygens (including phenoxy) is 1. The van der Waals surface area contributed by atoms with Gasteiger partial charge >= 0.3 is 5.97 Å². The molecule has 3 heterocycles. The summed E-state index contributed by atoms with van der Waals surface area (Å²) in [4.78, 5) is 17.1. The molecule has 0 saturated heterocycles. The van der Waals surface area contributed by atoms with Gasteiger partial charge in [-0.15, -0.1) is 0 Å². The van der Waals surface area contributed by atoms with Gasteiger partial charge in [0.2, 0.25) is 0 Å². The molecule has 0 amide bonds. The van der Waals surface area contributed by atoms with E-state index in [1.165, 1.54) is 0 Å². The highest BCUT2D eigenvalue weighted by molar-refractivity contribution is 6.33. The van der Waals surface area contributed by atoms with Crippen molar-refractivity contribution in [2.24, 2.45) is 0 Å². The molecule has 0 aliphatic rings. The van der Waals surface area contributed by atoms with Crippen molar-refractivity contribution in [3.63, 3.8) is 0 Å². The number of aromatic nitrogens is 5. The van der Waals surface area contributed by atoms with Crippen molar-refractivity contribution in [1.29, 1.82) is 0 Å². The third-order valence-corrected chi connectivity index (χ3v) is 5.41. The first kappa shape index (κ1) is 21.1. The number of hydrogen-bond donors (Lipinski definition) is 0. The summed E-state index contributed by atoms with van der Waals surface area (Å²) >= 11 is 12.7. The largest absolute Gasteiger partial charge is 0.456 e. The van der Waals surface area contributed by atoms with Crippen molar-refractivity contribution in [2.75, 3.05) is 0 Å². The van der Waals surface area contributed by atoms with Gasteiger partial charge in [0.05, 0.1) is 22.1 Å². The first-order valence-electron chi connectivity index (χ1n) is 9.52. The first-order chi connectivity index (χ1) is 14.8. The summed E-state index contributed by atoms with van der Waals surface area (Å²) in [5.74, 6) is -0.177. The van der Waals surface area contributed by atoms with E-state index in [2.05, 4.69) is 15.2 Å². The number of esters is 1. The summed E-state index contributed by atoms with van der Waals surface area (Å²) in [7, 11) is 0. The number of pyridine rings is 1. The molecule has 31 heavy (non-hydrogen) atoms. The van der Waals surface area contributed by atoms with Gasteiger partial charge in [-0.25, -0.2) is 19.1 Å². The van der Waals surface area contributed by atoms with E-state index in [0.29, 0.717) is 22.2 Å². The van der Waals surface area contributed by atoms with E-state index in [1.54, 1.807) is 21.5 Å². The molecule has 9 heteroatoms. The van der Waals surface area contributed by atoms with Crippen LogP contribution in [0.25, 0.3) is 11.5 Å². The maximum Gasteiger partial charge on any atom is 0.358 e. The number of halogens is 2. The third kappa shape index (κ3) is 4.19. The lowest BCUT2D eigenvalue weighted by molar-refractivity contribution is 0.0465. The molecule has 0 aliphatic carbocycles. The highest BCUT2D eigenvalue weighted by atomic mass is 35.5. The molecule has 0 saturated carbocycles. The summed E-state index contributed by atoms with van der Waals surface area (Å²) in [6.07, 6.45) is 0. The van der Waals surface area contributed by atoms with Crippen LogP contribution in [0.4, 0.5) is 0 Å². The van der Waals surface area contributed by atoms with Crippen LogP contribution in [0.2, 0.25) is 10.2 Å². The standard InChI is InChI=1S/C22H19Cl2N5O2/c1-13-11-14(2)28(26-13)19-10-9-18(23)20(25-19)22(30)31-12-17-15(3)27-29(21(17)24)16-7-5-4-6-8-16/h4-11H,12H2,1-3H3. The van der Waals surface area contributed by atoms with Crippen molar-refractivity contribution < 1.29 is 9.53 Å². The molecule has 0 N–H and O–H groups in total. The zero-order valence-corrected chi connectivity index (χ0v) is 18.6. The molecule has 0 atom stereocenters. The second-order valence-electron chi connectivity index (χ2n) is 7.02. The predicted octanol–water partition coefficient (Wildman–Crippen LogP) is 5.04. The number of aryl methyl sites for hydroxylation is 3. The van der Waals surface area contributed by atoms with Crippen molar-refractivity contribution >= 4 is 29.2 Å². The van der Waals surface area contributed by atoms with Gasteiger partial charge in [-0.3, -0.25) is 0 Å². The molecule has 0 spiro atoms. The van der Waals surface area contributed by atoms with Gasteiger partial charge < -0.3 is 4.74 Å². The minimum Gasteiger partial charge on any atom is -0.456 e. The summed E-state index contributed by atoms with van der Waals surface area (Å²) in [6, 6.07) is 14.7. The van der Waals surface area contributed by atoms with Crippen LogP contribution in [0.5, 0.6) is 0 Å². The summed E-state index contributed by atoms with van der Waals surface area (Å²) in [5, 5.41) is 9.42. The lowest BCUT2D eigenvalue weighted by atomic mass is 10.3. The van der Waals surface area contributed by atoms with Crippen molar-refractivity contribution in [3.05, 3.63) is 87.0 Å². The van der Waals surface area contributed by atoms with Crippen LogP contribution in [0.3, 0.4) is 0 Å². The molecule has 1 aromatic carbocycles. The zero-order chi connectivity index (χ0) is 22.1. The normalized spacial score (nSPS) is 11.0. The Hall–Kier alpha value is -3.16. The van der Waals surface area contributed by atoms with Crippen molar-refractivity contribution in [1.82, 2.24) is 24.5 Å². The number of rotatable bonds is 5. The van der Waals surface area contributed by atoms with Crippen molar-refractivity contribution in [2.45, 2.75) is 27.4 Å². The van der Waals surface area contributed by atoms with Crippen LogP contribution in [0.15, 0.2) is 48.5 Å². The van der Waals surface area contributed by atoms with E-state index < -0.39 is 5.97 Å². The fraction of sp³-hybridized carbons (Fsp3) is 0.182. The van der Waals surface area contributed by atoms with Crippen LogP contribution in [0.1, 0.15) is 33.1 Å². The topological polar surface area (TPSA) is 74.8 Å². The predicted molar refractivity (Wildman–Crippen MR) is 118 cm³/mol. The fourth-order valence-electron chi connectivity index (χ4n) is 3.20. The number of carbonyl (C=O) groups excluding carboxylic acids is 1. The summed E-state index contributed by atoms with van der Waals surface area (Å²) in [6.45, 7) is 5.54. The summed E-state index contributed by atoms with van der Waals surface area (Å²) in [5.41, 5.74) is 3.84. The highest BCUT2D eigenvalue weighted by Gasteiger charge is 2.20. The van der Waals surface area contributed by atoms with Gasteiger partial charge in [0.1, 0.15) is 11.8 Å². The molecule has 3 aromatic heterocycles. The van der Waals surface area contributed by atoms with Gasteiger partial charge in [-0.1, -0.05) is 41.4 Å². The maximum absolute atomic E-state index is 12.7. The molecule has 4 aromatic rings. The lowest BCUT2D eigenvalue weighted by Crippen LogP contribution is -2.12. The monoisotopic (exact) mass is 455 g/mol. The summed E-state index contributed by atoms with van der Waals surface area (Å²) < 4.78 is 8.73. The molecular formula is C22H19Cl2N5O2. The van der Waals surface area contributed by atoms with Gasteiger partial charge in [0.25, 0.3) is 0 Å². The van der Waals surface area contributed by atoms with Gasteiger partial charge in [-0.05, 0) is 51.1 Å². The zero-order valence-electron chi connectivity index (χ0n) is 17.1. The molecule has 0 unspecified atom stereocenters. The first-order valence-corrected chi connectivity index (χ1v) is 10.3. The SMILES string of the molecule is Cc1cc(C)n(-c2ccc(Cl)c(C(=O)OCc3c(C)nn(-c4ccccc4)c3Cl)n2)n1. The Labute approximate surface area is 189 Å². The molecular weight excluding hydrogens is 437 g/mol. The molecule has 4 rings (SSSR count). The van der Waals surface area contributed by atoms with E-state index in [9.17, 15) is 4.79 Å². The number of carbonyl (C=O) groups is 1. The Balaban J connectivity index is 1.57. The van der Waals surface area contributed by atoms with Crippen LogP contribution in [-0.4, -0.2) is 30.5 Å². The quantitative estimate of drug-likeness (QED) is 0.394. The number of nitrogens with zero attached hydrogens (tertiary/aromatic N) is 5. The van der Waals surface area contributed by atoms with E-state index in [4.69, 9.17) is 27.9 Å². The third-order valence-electron chi connectivity index (χ3n) is 4.72. The Bertz CT molecular complexity index is 1260. The number of benzene rings is 1. The maximum atomic E-state index is 12.7. The minimum atomic E-state index is -0.656. The van der Waals surface area contributed by atoms with E-state index >= 15 is 0 Å². The van der Waals surface area contributed by atoms with E-state index in [1.807, 2.05) is 57.2 Å². The fourth-order valence-corrected chi connectivity index (χ4v) is 3.70. The van der Waals surface area contributed by atoms with Crippen LogP contribution in [-0.2, 0) is 11.3 Å². The van der Waals surface area contributed by atoms with Crippen LogP contribution in [0, 0.1) is 20.8 Å². The Morgan fingerprint density at radius 2 is 1.74 bits per heavy atom. The number of para-hydroxylation sites is 1. The Morgan fingerprint density at radius 3 is 2.42 bits per heavy atom.